The fourth-order valence-electron chi connectivity index (χ4n) is 2.22. The van der Waals surface area contributed by atoms with Crippen LogP contribution in [0.15, 0.2) is 40.9 Å². The minimum Gasteiger partial charge on any atom is -0.306 e. The molecule has 1 nitrogen and oxygen atoms in total. The van der Waals surface area contributed by atoms with E-state index in [4.69, 9.17) is 11.6 Å². The summed E-state index contributed by atoms with van der Waals surface area (Å²) in [5.41, 5.74) is 2.62. The molecule has 0 heterocycles. The average molecular weight is 371 g/mol. The van der Waals surface area contributed by atoms with Crippen LogP contribution in [0.3, 0.4) is 0 Å². The van der Waals surface area contributed by atoms with Gasteiger partial charge in [0.1, 0.15) is 5.82 Å². The van der Waals surface area contributed by atoms with Crippen LogP contribution in [0.25, 0.3) is 0 Å². The molecule has 2 aromatic rings. The van der Waals surface area contributed by atoms with Gasteiger partial charge >= 0.3 is 0 Å². The summed E-state index contributed by atoms with van der Waals surface area (Å²) in [6, 6.07) is 10.8. The lowest BCUT2D eigenvalue weighted by Crippen LogP contribution is -2.24. The summed E-state index contributed by atoms with van der Waals surface area (Å²) < 4.78 is 15.0. The van der Waals surface area contributed by atoms with Crippen molar-refractivity contribution in [2.75, 3.05) is 6.54 Å². The zero-order valence-corrected chi connectivity index (χ0v) is 14.4. The Bertz CT molecular complexity index is 630. The third-order valence-corrected chi connectivity index (χ3v) is 4.30. The van der Waals surface area contributed by atoms with Crippen molar-refractivity contribution in [2.45, 2.75) is 26.3 Å². The summed E-state index contributed by atoms with van der Waals surface area (Å²) in [7, 11) is 0. The summed E-state index contributed by atoms with van der Waals surface area (Å²) in [5.74, 6) is -0.227. The molecule has 112 valence electrons. The Labute approximate surface area is 138 Å². The molecule has 1 N–H and O–H groups in total. The molecule has 2 aromatic carbocycles. The molecule has 2 rings (SSSR count). The normalized spacial score (nSPS) is 12.4. The molecule has 0 saturated carbocycles. The van der Waals surface area contributed by atoms with E-state index in [1.807, 2.05) is 31.2 Å². The number of aryl methyl sites for hydroxylation is 1. The van der Waals surface area contributed by atoms with Crippen LogP contribution < -0.4 is 5.32 Å². The first-order valence-corrected chi connectivity index (χ1v) is 8.14. The first-order chi connectivity index (χ1) is 10.0. The van der Waals surface area contributed by atoms with Crippen LogP contribution in [-0.4, -0.2) is 6.54 Å². The van der Waals surface area contributed by atoms with Gasteiger partial charge in [-0.25, -0.2) is 4.39 Å². The van der Waals surface area contributed by atoms with E-state index in [2.05, 4.69) is 28.2 Å². The molecule has 0 saturated heterocycles. The second-order valence-corrected chi connectivity index (χ2v) is 6.38. The Hall–Kier alpha value is -0.900. The average Bonchev–Trinajstić information content (AvgIpc) is 2.44. The monoisotopic (exact) mass is 369 g/mol. The Balaban J connectivity index is 2.44. The van der Waals surface area contributed by atoms with Gasteiger partial charge in [0.25, 0.3) is 0 Å². The van der Waals surface area contributed by atoms with Gasteiger partial charge in [0.05, 0.1) is 6.04 Å². The van der Waals surface area contributed by atoms with Gasteiger partial charge in [-0.1, -0.05) is 52.7 Å². The predicted octanol–water partition coefficient (Wildman–Crippen LogP) is 5.64. The quantitative estimate of drug-likeness (QED) is 0.718. The molecule has 0 amide bonds. The number of hydrogen-bond acceptors (Lipinski definition) is 1. The number of rotatable bonds is 5. The molecule has 1 atom stereocenters. The van der Waals surface area contributed by atoms with Crippen LogP contribution >= 0.6 is 27.5 Å². The van der Waals surface area contributed by atoms with Gasteiger partial charge < -0.3 is 5.32 Å². The molecule has 0 aliphatic rings. The molecule has 0 aromatic heterocycles. The lowest BCUT2D eigenvalue weighted by Gasteiger charge is -2.21. The van der Waals surface area contributed by atoms with E-state index >= 15 is 0 Å². The number of hydrogen-bond donors (Lipinski definition) is 1. The van der Waals surface area contributed by atoms with Gasteiger partial charge in [-0.2, -0.15) is 0 Å². The van der Waals surface area contributed by atoms with Crippen LogP contribution in [0, 0.1) is 12.7 Å². The van der Waals surface area contributed by atoms with Crippen LogP contribution in [-0.2, 0) is 0 Å². The highest BCUT2D eigenvalue weighted by atomic mass is 79.9. The molecular weight excluding hydrogens is 353 g/mol. The van der Waals surface area contributed by atoms with E-state index in [1.165, 1.54) is 6.07 Å². The molecular formula is C17H18BrClFN. The molecule has 1 unspecified atom stereocenters. The maximum atomic E-state index is 14.3. The fourth-order valence-corrected chi connectivity index (χ4v) is 2.74. The second-order valence-electron chi connectivity index (χ2n) is 5.06. The van der Waals surface area contributed by atoms with E-state index in [1.54, 1.807) is 6.07 Å². The SMILES string of the molecule is CCCNC(c1ccc(C)c(Cl)c1)c1ccc(Br)cc1F. The highest BCUT2D eigenvalue weighted by Crippen LogP contribution is 2.29. The van der Waals surface area contributed by atoms with Crippen LogP contribution in [0.1, 0.15) is 36.1 Å². The van der Waals surface area contributed by atoms with Gasteiger partial charge in [-0.15, -0.1) is 0 Å². The molecule has 0 aliphatic carbocycles. The first kappa shape index (κ1) is 16.5. The fraction of sp³-hybridized carbons (Fsp3) is 0.294. The third kappa shape index (κ3) is 4.06. The van der Waals surface area contributed by atoms with Crippen LogP contribution in [0.4, 0.5) is 4.39 Å². The van der Waals surface area contributed by atoms with Crippen molar-refractivity contribution in [3.8, 4) is 0 Å². The van der Waals surface area contributed by atoms with E-state index in [9.17, 15) is 4.39 Å². The highest BCUT2D eigenvalue weighted by molar-refractivity contribution is 9.10. The summed E-state index contributed by atoms with van der Waals surface area (Å²) >= 11 is 9.51. The zero-order chi connectivity index (χ0) is 15.4. The van der Waals surface area contributed by atoms with Crippen molar-refractivity contribution in [3.63, 3.8) is 0 Å². The molecule has 4 heteroatoms. The predicted molar refractivity (Wildman–Crippen MR) is 90.4 cm³/mol. The van der Waals surface area contributed by atoms with Crippen molar-refractivity contribution in [3.05, 3.63) is 68.4 Å². The lowest BCUT2D eigenvalue weighted by molar-refractivity contribution is 0.546. The van der Waals surface area contributed by atoms with E-state index in [0.717, 1.165) is 28.6 Å². The largest absolute Gasteiger partial charge is 0.306 e. The molecule has 0 spiro atoms. The van der Waals surface area contributed by atoms with Gasteiger partial charge in [-0.05, 0) is 49.2 Å². The third-order valence-electron chi connectivity index (χ3n) is 3.40. The zero-order valence-electron chi connectivity index (χ0n) is 12.1. The standard InChI is InChI=1S/C17H18BrClFN/c1-3-8-21-17(12-5-4-11(2)15(19)9-12)14-7-6-13(18)10-16(14)20/h4-7,9-10,17,21H,3,8H2,1-2H3. The van der Waals surface area contributed by atoms with E-state index < -0.39 is 0 Å². The van der Waals surface area contributed by atoms with Crippen molar-refractivity contribution in [1.82, 2.24) is 5.32 Å². The van der Waals surface area contributed by atoms with Gasteiger partial charge in [-0.3, -0.25) is 0 Å². The van der Waals surface area contributed by atoms with Crippen molar-refractivity contribution in [2.24, 2.45) is 0 Å². The van der Waals surface area contributed by atoms with Crippen molar-refractivity contribution in [1.29, 1.82) is 0 Å². The van der Waals surface area contributed by atoms with Gasteiger partial charge in [0.2, 0.25) is 0 Å². The Morgan fingerprint density at radius 3 is 2.62 bits per heavy atom. The highest BCUT2D eigenvalue weighted by Gasteiger charge is 2.18. The maximum absolute atomic E-state index is 14.3. The Morgan fingerprint density at radius 1 is 1.24 bits per heavy atom. The number of benzene rings is 2. The molecule has 21 heavy (non-hydrogen) atoms. The Morgan fingerprint density at radius 2 is 2.00 bits per heavy atom. The van der Waals surface area contributed by atoms with Crippen LogP contribution in [0.2, 0.25) is 5.02 Å². The molecule has 0 aliphatic heterocycles. The minimum absolute atomic E-state index is 0.198. The summed E-state index contributed by atoms with van der Waals surface area (Å²) in [5, 5.41) is 4.10. The molecule has 0 bridgehead atoms. The summed E-state index contributed by atoms with van der Waals surface area (Å²) in [6.07, 6.45) is 0.980. The number of halogens is 3. The lowest BCUT2D eigenvalue weighted by atomic mass is 9.97. The van der Waals surface area contributed by atoms with Gasteiger partial charge in [0.15, 0.2) is 0 Å². The number of nitrogens with one attached hydrogen (secondary N) is 1. The van der Waals surface area contributed by atoms with E-state index in [0.29, 0.717) is 10.6 Å². The van der Waals surface area contributed by atoms with E-state index in [-0.39, 0.29) is 11.9 Å². The molecule has 0 fully saturated rings. The van der Waals surface area contributed by atoms with Crippen molar-refractivity contribution < 1.29 is 4.39 Å². The smallest absolute Gasteiger partial charge is 0.129 e. The Kier molecular flexibility index (Phi) is 5.80. The van der Waals surface area contributed by atoms with Gasteiger partial charge in [0, 0.05) is 15.1 Å². The maximum Gasteiger partial charge on any atom is 0.129 e. The summed E-state index contributed by atoms with van der Waals surface area (Å²) in [4.78, 5) is 0. The molecule has 0 radical (unpaired) electrons. The summed E-state index contributed by atoms with van der Waals surface area (Å²) in [6.45, 7) is 4.86. The topological polar surface area (TPSA) is 12.0 Å². The van der Waals surface area contributed by atoms with Crippen LogP contribution in [0.5, 0.6) is 0 Å². The van der Waals surface area contributed by atoms with Crippen molar-refractivity contribution >= 4 is 27.5 Å². The minimum atomic E-state index is -0.227. The second kappa shape index (κ2) is 7.39. The first-order valence-electron chi connectivity index (χ1n) is 6.97.